The second-order valence-corrected chi connectivity index (χ2v) is 6.07. The van der Waals surface area contributed by atoms with E-state index in [1.807, 2.05) is 43.3 Å². The Bertz CT molecular complexity index is 757. The van der Waals surface area contributed by atoms with Crippen LogP contribution in [0.15, 0.2) is 48.5 Å². The molecule has 0 fully saturated rings. The van der Waals surface area contributed by atoms with Crippen LogP contribution < -0.4 is 9.47 Å². The number of carbonyl (C=O) groups is 2. The zero-order valence-electron chi connectivity index (χ0n) is 15.9. The number of rotatable bonds is 9. The molecule has 0 spiro atoms. The third-order valence-corrected chi connectivity index (χ3v) is 4.08. The van der Waals surface area contributed by atoms with E-state index in [4.69, 9.17) is 9.47 Å². The van der Waals surface area contributed by atoms with E-state index in [0.717, 1.165) is 11.1 Å². The number of hydrogen-bond donors (Lipinski definition) is 0. The monoisotopic (exact) mass is 371 g/mol. The predicted octanol–water partition coefficient (Wildman–Crippen LogP) is 2.97. The number of aryl methyl sites for hydroxylation is 1. The standard InChI is InChI=1S/C21H25NO5/c1-16-8-10-17(11-9-16)14-22(13-12-21(24)26-3)20(23)15-27-19-7-5-4-6-18(19)25-2/h4-11H,12-15H2,1-3H3. The Balaban J connectivity index is 2.04. The quantitative estimate of drug-likeness (QED) is 0.634. The van der Waals surface area contributed by atoms with Gasteiger partial charge in [0.05, 0.1) is 20.6 Å². The Morgan fingerprint density at radius 2 is 1.63 bits per heavy atom. The van der Waals surface area contributed by atoms with Crippen LogP contribution >= 0.6 is 0 Å². The third kappa shape index (κ3) is 6.33. The zero-order valence-corrected chi connectivity index (χ0v) is 15.9. The fourth-order valence-electron chi connectivity index (χ4n) is 2.50. The SMILES string of the molecule is COC(=O)CCN(Cc1ccc(C)cc1)C(=O)COc1ccccc1OC. The van der Waals surface area contributed by atoms with E-state index >= 15 is 0 Å². The Labute approximate surface area is 159 Å². The number of benzene rings is 2. The number of amides is 1. The summed E-state index contributed by atoms with van der Waals surface area (Å²) in [5.41, 5.74) is 2.13. The summed E-state index contributed by atoms with van der Waals surface area (Å²) in [6, 6.07) is 15.1. The normalized spacial score (nSPS) is 10.2. The van der Waals surface area contributed by atoms with Crippen LogP contribution in [-0.2, 0) is 20.9 Å². The van der Waals surface area contributed by atoms with Gasteiger partial charge in [0.2, 0.25) is 0 Å². The van der Waals surface area contributed by atoms with E-state index in [-0.39, 0.29) is 31.4 Å². The summed E-state index contributed by atoms with van der Waals surface area (Å²) < 4.78 is 15.5. The first-order valence-corrected chi connectivity index (χ1v) is 8.69. The Kier molecular flexibility index (Phi) is 7.67. The maximum absolute atomic E-state index is 12.7. The zero-order chi connectivity index (χ0) is 19.6. The van der Waals surface area contributed by atoms with Crippen LogP contribution in [0.1, 0.15) is 17.5 Å². The molecule has 0 aromatic heterocycles. The molecule has 0 aliphatic heterocycles. The lowest BCUT2D eigenvalue weighted by Crippen LogP contribution is -2.36. The number of esters is 1. The largest absolute Gasteiger partial charge is 0.493 e. The van der Waals surface area contributed by atoms with Crippen LogP contribution in [0.2, 0.25) is 0 Å². The van der Waals surface area contributed by atoms with Gasteiger partial charge in [-0.3, -0.25) is 9.59 Å². The molecule has 6 nitrogen and oxygen atoms in total. The van der Waals surface area contributed by atoms with Gasteiger partial charge < -0.3 is 19.1 Å². The van der Waals surface area contributed by atoms with Crippen molar-refractivity contribution in [2.45, 2.75) is 19.9 Å². The van der Waals surface area contributed by atoms with Crippen LogP contribution in [-0.4, -0.2) is 44.1 Å². The van der Waals surface area contributed by atoms with E-state index in [1.165, 1.54) is 7.11 Å². The molecular formula is C21H25NO5. The highest BCUT2D eigenvalue weighted by Crippen LogP contribution is 2.25. The number of ether oxygens (including phenoxy) is 3. The molecule has 0 saturated heterocycles. The number of carbonyl (C=O) groups excluding carboxylic acids is 2. The lowest BCUT2D eigenvalue weighted by atomic mass is 10.1. The smallest absolute Gasteiger partial charge is 0.307 e. The van der Waals surface area contributed by atoms with Crippen LogP contribution in [0.4, 0.5) is 0 Å². The Morgan fingerprint density at radius 1 is 0.963 bits per heavy atom. The van der Waals surface area contributed by atoms with E-state index in [2.05, 4.69) is 4.74 Å². The van der Waals surface area contributed by atoms with Gasteiger partial charge in [0, 0.05) is 13.1 Å². The van der Waals surface area contributed by atoms with Crippen LogP contribution in [0.3, 0.4) is 0 Å². The van der Waals surface area contributed by atoms with Crippen molar-refractivity contribution >= 4 is 11.9 Å². The van der Waals surface area contributed by atoms with E-state index in [1.54, 1.807) is 24.1 Å². The van der Waals surface area contributed by atoms with Crippen molar-refractivity contribution in [3.05, 3.63) is 59.7 Å². The van der Waals surface area contributed by atoms with E-state index < -0.39 is 0 Å². The Hall–Kier alpha value is -3.02. The maximum Gasteiger partial charge on any atom is 0.307 e. The summed E-state index contributed by atoms with van der Waals surface area (Å²) >= 11 is 0. The molecular weight excluding hydrogens is 346 g/mol. The van der Waals surface area contributed by atoms with E-state index in [9.17, 15) is 9.59 Å². The van der Waals surface area contributed by atoms with Gasteiger partial charge >= 0.3 is 5.97 Å². The molecule has 0 saturated carbocycles. The molecule has 0 radical (unpaired) electrons. The minimum atomic E-state index is -0.359. The minimum absolute atomic E-state index is 0.128. The number of para-hydroxylation sites is 2. The highest BCUT2D eigenvalue weighted by Gasteiger charge is 2.17. The summed E-state index contributed by atoms with van der Waals surface area (Å²) in [5.74, 6) is 0.481. The lowest BCUT2D eigenvalue weighted by Gasteiger charge is -2.23. The lowest BCUT2D eigenvalue weighted by molar-refractivity contribution is -0.142. The van der Waals surface area contributed by atoms with Crippen LogP contribution in [0.25, 0.3) is 0 Å². The average Bonchev–Trinajstić information content (AvgIpc) is 2.70. The van der Waals surface area contributed by atoms with Crippen molar-refractivity contribution < 1.29 is 23.8 Å². The molecule has 2 aromatic rings. The Morgan fingerprint density at radius 3 is 2.26 bits per heavy atom. The molecule has 2 rings (SSSR count). The van der Waals surface area contributed by atoms with Gasteiger partial charge in [0.1, 0.15) is 0 Å². The van der Waals surface area contributed by atoms with Crippen molar-refractivity contribution in [3.63, 3.8) is 0 Å². The van der Waals surface area contributed by atoms with Gasteiger partial charge in [-0.05, 0) is 24.6 Å². The molecule has 0 heterocycles. The maximum atomic E-state index is 12.7. The van der Waals surface area contributed by atoms with Gasteiger partial charge in [-0.2, -0.15) is 0 Å². The third-order valence-electron chi connectivity index (χ3n) is 4.08. The van der Waals surface area contributed by atoms with Gasteiger partial charge in [-0.1, -0.05) is 42.0 Å². The summed E-state index contributed by atoms with van der Waals surface area (Å²) in [5, 5.41) is 0. The summed E-state index contributed by atoms with van der Waals surface area (Å²) in [7, 11) is 2.88. The topological polar surface area (TPSA) is 65.1 Å². The van der Waals surface area contributed by atoms with Crippen molar-refractivity contribution in [1.29, 1.82) is 0 Å². The van der Waals surface area contributed by atoms with Crippen molar-refractivity contribution in [2.75, 3.05) is 27.4 Å². The van der Waals surface area contributed by atoms with Gasteiger partial charge in [0.15, 0.2) is 18.1 Å². The molecule has 0 aliphatic rings. The first-order chi connectivity index (χ1) is 13.0. The fourth-order valence-corrected chi connectivity index (χ4v) is 2.50. The number of hydrogen-bond acceptors (Lipinski definition) is 5. The van der Waals surface area contributed by atoms with Gasteiger partial charge in [-0.15, -0.1) is 0 Å². The number of methoxy groups -OCH3 is 2. The summed E-state index contributed by atoms with van der Waals surface area (Å²) in [6.07, 6.45) is 0.128. The second-order valence-electron chi connectivity index (χ2n) is 6.07. The molecule has 0 bridgehead atoms. The molecule has 27 heavy (non-hydrogen) atoms. The molecule has 0 aliphatic carbocycles. The van der Waals surface area contributed by atoms with Gasteiger partial charge in [-0.25, -0.2) is 0 Å². The molecule has 6 heteroatoms. The molecule has 1 amide bonds. The van der Waals surface area contributed by atoms with Crippen molar-refractivity contribution in [2.24, 2.45) is 0 Å². The van der Waals surface area contributed by atoms with Crippen LogP contribution in [0.5, 0.6) is 11.5 Å². The average molecular weight is 371 g/mol. The summed E-state index contributed by atoms with van der Waals surface area (Å²) in [6.45, 7) is 2.51. The molecule has 2 aromatic carbocycles. The first kappa shape index (κ1) is 20.3. The highest BCUT2D eigenvalue weighted by atomic mass is 16.5. The number of nitrogens with zero attached hydrogens (tertiary/aromatic N) is 1. The fraction of sp³-hybridized carbons (Fsp3) is 0.333. The molecule has 0 unspecified atom stereocenters. The van der Waals surface area contributed by atoms with Crippen LogP contribution in [0, 0.1) is 6.92 Å². The van der Waals surface area contributed by atoms with Crippen molar-refractivity contribution in [3.8, 4) is 11.5 Å². The van der Waals surface area contributed by atoms with E-state index in [0.29, 0.717) is 18.0 Å². The molecule has 0 atom stereocenters. The molecule has 0 N–H and O–H groups in total. The predicted molar refractivity (Wildman–Crippen MR) is 102 cm³/mol. The molecule has 144 valence electrons. The van der Waals surface area contributed by atoms with Crippen molar-refractivity contribution in [1.82, 2.24) is 4.90 Å². The first-order valence-electron chi connectivity index (χ1n) is 8.69. The summed E-state index contributed by atoms with van der Waals surface area (Å²) in [4.78, 5) is 25.8. The highest BCUT2D eigenvalue weighted by molar-refractivity contribution is 5.78. The second kappa shape index (κ2) is 10.2. The van der Waals surface area contributed by atoms with Gasteiger partial charge in [0.25, 0.3) is 5.91 Å². The minimum Gasteiger partial charge on any atom is -0.493 e.